The first-order valence-electron chi connectivity index (χ1n) is 9.87. The van der Waals surface area contributed by atoms with Crippen LogP contribution in [0, 0.1) is 30.0 Å². The second kappa shape index (κ2) is 8.83. The molecule has 0 radical (unpaired) electrons. The van der Waals surface area contributed by atoms with Crippen LogP contribution in [0.15, 0.2) is 36.7 Å². The lowest BCUT2D eigenvalue weighted by Crippen LogP contribution is -2.40. The molecule has 8 nitrogen and oxygen atoms in total. The molecule has 1 aliphatic rings. The summed E-state index contributed by atoms with van der Waals surface area (Å²) in [7, 11) is 0. The standard InChI is InChI=1S/C21H22FN7OS/c1-13-25-9-17(31-13)10-28-7-6-14(8-23)19(12-28)29-11-18(20(24)30)21(27-29)26-16-4-2-15(22)3-5-16/h2-5,9,11,14,19H,6-7,10,12H2,1H3,(H2,24,30)(H,26,27)/t14-,19+/m1/s1. The largest absolute Gasteiger partial charge is 0.365 e. The Balaban J connectivity index is 1.58. The minimum absolute atomic E-state index is 0.219. The van der Waals surface area contributed by atoms with Crippen molar-refractivity contribution in [1.82, 2.24) is 19.7 Å². The third-order valence-electron chi connectivity index (χ3n) is 5.32. The number of carbonyl (C=O) groups is 1. The summed E-state index contributed by atoms with van der Waals surface area (Å²) < 4.78 is 14.9. The summed E-state index contributed by atoms with van der Waals surface area (Å²) in [6.45, 7) is 4.15. The summed E-state index contributed by atoms with van der Waals surface area (Å²) in [5, 5.41) is 18.3. The van der Waals surface area contributed by atoms with Crippen molar-refractivity contribution in [2.75, 3.05) is 18.4 Å². The number of hydrogen-bond donors (Lipinski definition) is 2. The fourth-order valence-electron chi connectivity index (χ4n) is 3.76. The first-order chi connectivity index (χ1) is 14.9. The third-order valence-corrected chi connectivity index (χ3v) is 6.22. The Morgan fingerprint density at radius 2 is 2.19 bits per heavy atom. The van der Waals surface area contributed by atoms with E-state index in [1.165, 1.54) is 17.0 Å². The number of thiazole rings is 1. The van der Waals surface area contributed by atoms with Crippen molar-refractivity contribution in [3.63, 3.8) is 0 Å². The van der Waals surface area contributed by atoms with E-state index in [2.05, 4.69) is 26.4 Å². The fourth-order valence-corrected chi connectivity index (χ4v) is 4.60. The molecule has 2 atom stereocenters. The number of aromatic nitrogens is 3. The van der Waals surface area contributed by atoms with Crippen molar-refractivity contribution < 1.29 is 9.18 Å². The minimum atomic E-state index is -0.628. The highest BCUT2D eigenvalue weighted by Gasteiger charge is 2.32. The number of carbonyl (C=O) groups excluding carboxylic acids is 1. The van der Waals surface area contributed by atoms with Gasteiger partial charge in [0.25, 0.3) is 5.91 Å². The quantitative estimate of drug-likeness (QED) is 0.610. The molecule has 31 heavy (non-hydrogen) atoms. The van der Waals surface area contributed by atoms with Crippen LogP contribution in [-0.4, -0.2) is 38.7 Å². The first-order valence-corrected chi connectivity index (χ1v) is 10.7. The van der Waals surface area contributed by atoms with Gasteiger partial charge in [-0.1, -0.05) is 0 Å². The number of rotatable bonds is 6. The summed E-state index contributed by atoms with van der Waals surface area (Å²) in [5.74, 6) is -0.941. The number of amides is 1. The van der Waals surface area contributed by atoms with Crippen LogP contribution in [0.4, 0.5) is 15.9 Å². The van der Waals surface area contributed by atoms with E-state index in [4.69, 9.17) is 5.73 Å². The van der Waals surface area contributed by atoms with E-state index in [-0.39, 0.29) is 29.2 Å². The van der Waals surface area contributed by atoms with Gasteiger partial charge in [0.05, 0.1) is 23.0 Å². The molecule has 1 amide bonds. The maximum Gasteiger partial charge on any atom is 0.254 e. The van der Waals surface area contributed by atoms with Crippen LogP contribution < -0.4 is 11.1 Å². The van der Waals surface area contributed by atoms with E-state index < -0.39 is 5.91 Å². The van der Waals surface area contributed by atoms with Crippen LogP contribution in [0.3, 0.4) is 0 Å². The average Bonchev–Trinajstić information content (AvgIpc) is 3.36. The van der Waals surface area contributed by atoms with E-state index in [1.54, 1.807) is 34.3 Å². The lowest BCUT2D eigenvalue weighted by Gasteiger charge is -2.35. The molecule has 2 aromatic heterocycles. The Morgan fingerprint density at radius 1 is 1.42 bits per heavy atom. The molecule has 10 heteroatoms. The van der Waals surface area contributed by atoms with E-state index in [0.717, 1.165) is 18.1 Å². The van der Waals surface area contributed by atoms with Gasteiger partial charge in [-0.2, -0.15) is 10.4 Å². The normalized spacial score (nSPS) is 19.1. The molecular weight excluding hydrogens is 417 g/mol. The number of nitrogens with zero attached hydrogens (tertiary/aromatic N) is 5. The van der Waals surface area contributed by atoms with Gasteiger partial charge >= 0.3 is 0 Å². The first kappa shape index (κ1) is 21.0. The van der Waals surface area contributed by atoms with Gasteiger partial charge in [-0.3, -0.25) is 14.4 Å². The summed E-state index contributed by atoms with van der Waals surface area (Å²) in [6, 6.07) is 7.89. The van der Waals surface area contributed by atoms with Gasteiger partial charge in [0, 0.05) is 36.0 Å². The Kier molecular flexibility index (Phi) is 5.97. The second-order valence-corrected chi connectivity index (χ2v) is 8.86. The van der Waals surface area contributed by atoms with Crippen molar-refractivity contribution in [3.8, 4) is 6.07 Å². The molecule has 1 aromatic carbocycles. The van der Waals surface area contributed by atoms with Crippen molar-refractivity contribution in [1.29, 1.82) is 5.26 Å². The number of piperidine rings is 1. The average molecular weight is 440 g/mol. The van der Waals surface area contributed by atoms with E-state index in [0.29, 0.717) is 18.7 Å². The smallest absolute Gasteiger partial charge is 0.254 e. The highest BCUT2D eigenvalue weighted by atomic mass is 32.1. The molecule has 0 bridgehead atoms. The topological polar surface area (TPSA) is 113 Å². The van der Waals surface area contributed by atoms with Gasteiger partial charge in [0.15, 0.2) is 5.82 Å². The number of nitriles is 1. The Labute approximate surface area is 183 Å². The number of likely N-dealkylation sites (tertiary alicyclic amines) is 1. The molecule has 160 valence electrons. The number of hydrogen-bond acceptors (Lipinski definition) is 7. The summed E-state index contributed by atoms with van der Waals surface area (Å²) >= 11 is 1.66. The van der Waals surface area contributed by atoms with Crippen LogP contribution in [0.25, 0.3) is 0 Å². The number of primary amides is 1. The molecule has 1 saturated heterocycles. The maximum absolute atomic E-state index is 13.2. The van der Waals surface area contributed by atoms with Gasteiger partial charge in [0.1, 0.15) is 11.4 Å². The molecule has 1 fully saturated rings. The zero-order chi connectivity index (χ0) is 22.0. The number of nitrogens with two attached hydrogens (primary N) is 1. The molecule has 0 aliphatic carbocycles. The molecule has 3 heterocycles. The lowest BCUT2D eigenvalue weighted by molar-refractivity contribution is 0.1000. The van der Waals surface area contributed by atoms with Crippen molar-refractivity contribution in [2.24, 2.45) is 11.7 Å². The molecule has 0 unspecified atom stereocenters. The predicted molar refractivity (Wildman–Crippen MR) is 115 cm³/mol. The molecule has 0 spiro atoms. The number of aryl methyl sites for hydroxylation is 1. The maximum atomic E-state index is 13.2. The minimum Gasteiger partial charge on any atom is -0.365 e. The van der Waals surface area contributed by atoms with Crippen LogP contribution in [0.2, 0.25) is 0 Å². The molecule has 4 rings (SSSR count). The molecular formula is C21H22FN7OS. The zero-order valence-electron chi connectivity index (χ0n) is 17.0. The highest BCUT2D eigenvalue weighted by molar-refractivity contribution is 7.11. The molecule has 3 N–H and O–H groups in total. The summed E-state index contributed by atoms with van der Waals surface area (Å²) in [5.41, 5.74) is 6.36. The number of nitrogens with one attached hydrogen (secondary N) is 1. The SMILES string of the molecule is Cc1ncc(CN2CC[C@H](C#N)[C@@H](n3cc(C(N)=O)c(Nc4ccc(F)cc4)n3)C2)s1. The van der Waals surface area contributed by atoms with E-state index >= 15 is 0 Å². The van der Waals surface area contributed by atoms with Gasteiger partial charge in [-0.05, 0) is 44.2 Å². The lowest BCUT2D eigenvalue weighted by atomic mass is 9.93. The number of halogens is 1. The number of anilines is 2. The Hall–Kier alpha value is -3.29. The zero-order valence-corrected chi connectivity index (χ0v) is 17.8. The monoisotopic (exact) mass is 439 g/mol. The summed E-state index contributed by atoms with van der Waals surface area (Å²) in [6.07, 6.45) is 4.17. The summed E-state index contributed by atoms with van der Waals surface area (Å²) in [4.78, 5) is 19.8. The number of benzene rings is 1. The van der Waals surface area contributed by atoms with Gasteiger partial charge in [0.2, 0.25) is 0 Å². The van der Waals surface area contributed by atoms with Gasteiger partial charge < -0.3 is 11.1 Å². The van der Waals surface area contributed by atoms with E-state index in [9.17, 15) is 14.4 Å². The van der Waals surface area contributed by atoms with Gasteiger partial charge in [-0.15, -0.1) is 11.3 Å². The third kappa shape index (κ3) is 4.73. The second-order valence-electron chi connectivity index (χ2n) is 7.54. The molecule has 1 aliphatic heterocycles. The van der Waals surface area contributed by atoms with Crippen molar-refractivity contribution in [2.45, 2.75) is 25.9 Å². The van der Waals surface area contributed by atoms with E-state index in [1.807, 2.05) is 13.1 Å². The predicted octanol–water partition coefficient (Wildman–Crippen LogP) is 3.22. The van der Waals surface area contributed by atoms with Crippen molar-refractivity contribution in [3.05, 3.63) is 57.9 Å². The van der Waals surface area contributed by atoms with Crippen LogP contribution in [0.1, 0.15) is 32.7 Å². The van der Waals surface area contributed by atoms with Crippen molar-refractivity contribution >= 4 is 28.7 Å². The van der Waals surface area contributed by atoms with Crippen LogP contribution >= 0.6 is 11.3 Å². The molecule has 0 saturated carbocycles. The van der Waals surface area contributed by atoms with Crippen LogP contribution in [0.5, 0.6) is 0 Å². The molecule has 3 aromatic rings. The van der Waals surface area contributed by atoms with Crippen LogP contribution in [-0.2, 0) is 6.54 Å². The Bertz CT molecular complexity index is 1120. The highest BCUT2D eigenvalue weighted by Crippen LogP contribution is 2.31. The van der Waals surface area contributed by atoms with Gasteiger partial charge in [-0.25, -0.2) is 9.37 Å². The Morgan fingerprint density at radius 3 is 2.84 bits per heavy atom. The fraction of sp³-hybridized carbons (Fsp3) is 0.333.